The summed E-state index contributed by atoms with van der Waals surface area (Å²) in [4.78, 5) is 73.4. The highest BCUT2D eigenvalue weighted by atomic mass is 35.5. The Bertz CT molecular complexity index is 1330. The molecule has 39 heavy (non-hydrogen) atoms. The fourth-order valence-corrected chi connectivity index (χ4v) is 5.78. The third kappa shape index (κ3) is 4.76. The molecule has 0 spiro atoms. The van der Waals surface area contributed by atoms with Gasteiger partial charge in [0.05, 0.1) is 11.1 Å². The van der Waals surface area contributed by atoms with Gasteiger partial charge < -0.3 is 15.1 Å². The molecule has 3 fully saturated rings. The van der Waals surface area contributed by atoms with Crippen LogP contribution in [0.1, 0.15) is 37.7 Å². The van der Waals surface area contributed by atoms with E-state index < -0.39 is 52.2 Å². The number of amidine groups is 1. The number of benzene rings is 1. The van der Waals surface area contributed by atoms with Gasteiger partial charge in [0.2, 0.25) is 0 Å². The number of hydrogen-bond donors (Lipinski definition) is 1. The topological polar surface area (TPSA) is 143 Å². The molecule has 3 heterocycles. The van der Waals surface area contributed by atoms with Crippen molar-refractivity contribution in [3.63, 3.8) is 0 Å². The summed E-state index contributed by atoms with van der Waals surface area (Å²) in [6.45, 7) is -0.276. The van der Waals surface area contributed by atoms with Gasteiger partial charge in [0.15, 0.2) is 6.04 Å². The molecule has 1 N–H and O–H groups in total. The predicted molar refractivity (Wildman–Crippen MR) is 137 cm³/mol. The van der Waals surface area contributed by atoms with Gasteiger partial charge in [-0.15, -0.1) is 0 Å². The second kappa shape index (κ2) is 10.4. The van der Waals surface area contributed by atoms with E-state index in [1.807, 2.05) is 0 Å². The van der Waals surface area contributed by atoms with Crippen LogP contribution >= 0.6 is 11.6 Å². The SMILES string of the molecule is CN(C)C(=O)C(=O)N(C)C12CCC(CC#N)(CC1)CN1C(=O)C(=O)C(C(=O)NCc3cccc(Cl)c3F)N=C12. The molecule has 11 nitrogen and oxygen atoms in total. The number of carbonyl (C=O) groups excluding carboxylic acids is 5. The van der Waals surface area contributed by atoms with E-state index in [1.165, 1.54) is 49.1 Å². The number of halogens is 2. The summed E-state index contributed by atoms with van der Waals surface area (Å²) in [5.41, 5.74) is -1.80. The fraction of sp³-hybridized carbons (Fsp3) is 0.500. The second-order valence-electron chi connectivity index (χ2n) is 10.5. The van der Waals surface area contributed by atoms with Crippen molar-refractivity contribution in [3.05, 3.63) is 34.6 Å². The normalized spacial score (nSPS) is 25.7. The van der Waals surface area contributed by atoms with Gasteiger partial charge in [-0.25, -0.2) is 9.38 Å². The third-order valence-corrected chi connectivity index (χ3v) is 8.27. The molecule has 2 bridgehead atoms. The van der Waals surface area contributed by atoms with Gasteiger partial charge in [-0.3, -0.25) is 28.9 Å². The molecule has 2 saturated heterocycles. The van der Waals surface area contributed by atoms with Crippen LogP contribution in [0, 0.1) is 22.6 Å². The molecular formula is C26H28ClFN6O5. The Morgan fingerprint density at radius 1 is 1.18 bits per heavy atom. The number of ketones is 1. The lowest BCUT2D eigenvalue weighted by Crippen LogP contribution is -2.65. The number of nitriles is 1. The summed E-state index contributed by atoms with van der Waals surface area (Å²) >= 11 is 5.80. The average molecular weight is 559 g/mol. The molecule has 5 rings (SSSR count). The number of likely N-dealkylation sites (N-methyl/N-ethyl adjacent to an activating group) is 2. The number of amides is 4. The first-order valence-electron chi connectivity index (χ1n) is 12.4. The number of nitrogens with zero attached hydrogens (tertiary/aromatic N) is 5. The van der Waals surface area contributed by atoms with Crippen molar-refractivity contribution in [2.45, 2.75) is 50.2 Å². The van der Waals surface area contributed by atoms with Gasteiger partial charge >= 0.3 is 11.8 Å². The Labute approximate surface area is 229 Å². The minimum absolute atomic E-state index is 0.0252. The zero-order valence-electron chi connectivity index (χ0n) is 21.8. The Balaban J connectivity index is 1.74. The number of fused-ring (bicyclic) bond motifs is 2. The summed E-state index contributed by atoms with van der Waals surface area (Å²) in [5.74, 6) is -5.28. The van der Waals surface area contributed by atoms with Crippen molar-refractivity contribution in [1.29, 1.82) is 5.26 Å². The molecule has 1 aliphatic carbocycles. The molecule has 1 unspecified atom stereocenters. The van der Waals surface area contributed by atoms with Gasteiger partial charge in [0, 0.05) is 51.6 Å². The second-order valence-corrected chi connectivity index (χ2v) is 10.9. The largest absolute Gasteiger partial charge is 0.350 e. The van der Waals surface area contributed by atoms with Crippen molar-refractivity contribution in [1.82, 2.24) is 20.0 Å². The van der Waals surface area contributed by atoms with Crippen molar-refractivity contribution < 1.29 is 28.4 Å². The predicted octanol–water partition coefficient (Wildman–Crippen LogP) is 1.05. The zero-order chi connectivity index (χ0) is 28.7. The zero-order valence-corrected chi connectivity index (χ0v) is 22.5. The summed E-state index contributed by atoms with van der Waals surface area (Å²) in [6, 6.07) is 4.67. The smallest absolute Gasteiger partial charge is 0.312 e. The molecule has 0 radical (unpaired) electrons. The highest BCUT2D eigenvalue weighted by Gasteiger charge is 2.59. The number of aliphatic imine (C=N–C) groups is 1. The van der Waals surface area contributed by atoms with E-state index in [1.54, 1.807) is 0 Å². The van der Waals surface area contributed by atoms with E-state index in [0.717, 1.165) is 4.90 Å². The van der Waals surface area contributed by atoms with Crippen LogP contribution in [0.2, 0.25) is 5.02 Å². The number of Topliss-reactive ketones (excluding diaryl/α,β-unsaturated/α-hetero) is 1. The van der Waals surface area contributed by atoms with E-state index in [2.05, 4.69) is 16.4 Å². The lowest BCUT2D eigenvalue weighted by molar-refractivity contribution is -0.152. The van der Waals surface area contributed by atoms with Gasteiger partial charge in [-0.05, 0) is 31.7 Å². The first kappa shape index (κ1) is 28.2. The Hall–Kier alpha value is -3.85. The molecule has 1 aromatic carbocycles. The number of rotatable bonds is 5. The maximum atomic E-state index is 14.3. The fourth-order valence-electron chi connectivity index (χ4n) is 5.58. The van der Waals surface area contributed by atoms with E-state index in [-0.39, 0.29) is 48.8 Å². The highest BCUT2D eigenvalue weighted by Crippen LogP contribution is 2.51. The van der Waals surface area contributed by atoms with Crippen LogP contribution in [0.25, 0.3) is 0 Å². The van der Waals surface area contributed by atoms with E-state index in [4.69, 9.17) is 11.6 Å². The van der Waals surface area contributed by atoms with Gasteiger partial charge in [-0.2, -0.15) is 5.26 Å². The van der Waals surface area contributed by atoms with E-state index in [9.17, 15) is 33.6 Å². The molecule has 206 valence electrons. The third-order valence-electron chi connectivity index (χ3n) is 7.98. The summed E-state index contributed by atoms with van der Waals surface area (Å²) in [5, 5.41) is 11.8. The summed E-state index contributed by atoms with van der Waals surface area (Å²) in [7, 11) is 4.31. The summed E-state index contributed by atoms with van der Waals surface area (Å²) < 4.78 is 14.3. The molecule has 4 amide bonds. The van der Waals surface area contributed by atoms with Crippen molar-refractivity contribution in [2.75, 3.05) is 27.7 Å². The number of carbonyl (C=O) groups is 5. The Kier molecular flexibility index (Phi) is 7.49. The standard InChI is InChI=1S/C26H28ClFN6O5/c1-32(2)22(38)23(39)33(3)26-9-7-25(8-10-26,11-12-29)14-34-21(37)19(35)18(31-24(26)34)20(36)30-13-15-5-4-6-16(27)17(15)28/h4-6,18H,7-11,13-14H2,1-3H3,(H,30,36). The minimum atomic E-state index is -1.76. The maximum Gasteiger partial charge on any atom is 0.312 e. The molecule has 3 aliphatic heterocycles. The maximum absolute atomic E-state index is 14.3. The quantitative estimate of drug-likeness (QED) is 0.422. The first-order valence-corrected chi connectivity index (χ1v) is 12.8. The average Bonchev–Trinajstić information content (AvgIpc) is 3.14. The van der Waals surface area contributed by atoms with Crippen LogP contribution in [0.15, 0.2) is 23.2 Å². The van der Waals surface area contributed by atoms with Crippen LogP contribution in [-0.4, -0.2) is 89.2 Å². The lowest BCUT2D eigenvalue weighted by atomic mass is 9.67. The molecular weight excluding hydrogens is 531 g/mol. The van der Waals surface area contributed by atoms with Crippen molar-refractivity contribution in [2.24, 2.45) is 10.4 Å². The molecule has 1 aromatic rings. The monoisotopic (exact) mass is 558 g/mol. The lowest BCUT2D eigenvalue weighted by Gasteiger charge is -2.47. The van der Waals surface area contributed by atoms with Gasteiger partial charge in [-0.1, -0.05) is 23.7 Å². The first-order chi connectivity index (χ1) is 18.4. The molecule has 0 aromatic heterocycles. The highest BCUT2D eigenvalue weighted by molar-refractivity contribution is 6.46. The summed E-state index contributed by atoms with van der Waals surface area (Å²) in [6.07, 6.45) is 1.55. The van der Waals surface area contributed by atoms with Gasteiger partial charge in [0.1, 0.15) is 17.2 Å². The van der Waals surface area contributed by atoms with Gasteiger partial charge in [0.25, 0.3) is 17.6 Å². The van der Waals surface area contributed by atoms with E-state index in [0.29, 0.717) is 12.8 Å². The number of nitrogens with one attached hydrogen (secondary N) is 1. The van der Waals surface area contributed by atoms with Crippen LogP contribution in [0.3, 0.4) is 0 Å². The van der Waals surface area contributed by atoms with Crippen LogP contribution in [0.4, 0.5) is 4.39 Å². The van der Waals surface area contributed by atoms with Crippen molar-refractivity contribution in [3.8, 4) is 6.07 Å². The van der Waals surface area contributed by atoms with Crippen molar-refractivity contribution >= 4 is 46.8 Å². The molecule has 4 aliphatic rings. The van der Waals surface area contributed by atoms with Crippen LogP contribution in [0.5, 0.6) is 0 Å². The Morgan fingerprint density at radius 3 is 2.46 bits per heavy atom. The van der Waals surface area contributed by atoms with E-state index >= 15 is 0 Å². The Morgan fingerprint density at radius 2 is 1.85 bits per heavy atom. The number of hydrogen-bond acceptors (Lipinski definition) is 7. The minimum Gasteiger partial charge on any atom is -0.350 e. The van der Waals surface area contributed by atoms with Crippen LogP contribution in [-0.2, 0) is 30.5 Å². The molecule has 13 heteroatoms. The van der Waals surface area contributed by atoms with Crippen LogP contribution < -0.4 is 5.32 Å². The molecule has 1 saturated carbocycles. The molecule has 1 atom stereocenters.